The van der Waals surface area contributed by atoms with Crippen LogP contribution in [0.4, 0.5) is 17.1 Å². The Hall–Kier alpha value is -3.41. The van der Waals surface area contributed by atoms with Crippen LogP contribution in [0.3, 0.4) is 0 Å². The molecule has 0 unspecified atom stereocenters. The summed E-state index contributed by atoms with van der Waals surface area (Å²) in [5.41, 5.74) is 2.03. The van der Waals surface area contributed by atoms with Crippen LogP contribution in [0, 0.1) is 0 Å². The van der Waals surface area contributed by atoms with Gasteiger partial charge in [0.15, 0.2) is 5.75 Å². The summed E-state index contributed by atoms with van der Waals surface area (Å²) in [6.07, 6.45) is 5.08. The summed E-state index contributed by atoms with van der Waals surface area (Å²) in [6.45, 7) is 2.82. The third-order valence-electron chi connectivity index (χ3n) is 3.94. The Balaban J connectivity index is 2.04. The van der Waals surface area contributed by atoms with Gasteiger partial charge in [0.05, 0.1) is 28.9 Å². The highest BCUT2D eigenvalue weighted by Crippen LogP contribution is 2.40. The first-order chi connectivity index (χ1) is 13.2. The average Bonchev–Trinajstić information content (AvgIpc) is 3.18. The van der Waals surface area contributed by atoms with Crippen LogP contribution < -0.4 is 15.4 Å². The summed E-state index contributed by atoms with van der Waals surface area (Å²) in [5.74, 6) is 0.188. The van der Waals surface area contributed by atoms with E-state index in [1.165, 1.54) is 0 Å². The molecule has 1 heterocycles. The van der Waals surface area contributed by atoms with Crippen molar-refractivity contribution in [2.24, 2.45) is 0 Å². The number of carboxylic acid groups (broad SMARTS) is 1. The molecule has 3 rings (SSSR count). The van der Waals surface area contributed by atoms with Crippen LogP contribution in [-0.4, -0.2) is 17.6 Å². The van der Waals surface area contributed by atoms with Crippen LogP contribution in [0.2, 0.25) is 0 Å². The second kappa shape index (κ2) is 8.80. The van der Waals surface area contributed by atoms with Crippen molar-refractivity contribution in [2.45, 2.75) is 19.8 Å². The lowest BCUT2D eigenvalue weighted by Gasteiger charge is -2.18. The zero-order valence-electron chi connectivity index (χ0n) is 15.1. The Kier molecular flexibility index (Phi) is 5.99. The molecule has 2 aromatic carbocycles. The normalized spacial score (nSPS) is 10.4. The van der Waals surface area contributed by atoms with Crippen LogP contribution in [-0.2, 0) is 0 Å². The molecule has 0 aliphatic carbocycles. The van der Waals surface area contributed by atoms with Gasteiger partial charge in [-0.25, -0.2) is 4.79 Å². The highest BCUT2D eigenvalue weighted by molar-refractivity contribution is 5.93. The standard InChI is InChI=1S/C21H22N2O4/c1-2-3-10-22-18-12-15(21(24)25)13-19(23-16-9-11-26-14-16)20(18)27-17-7-5-4-6-8-17/h4-9,11-14,22-23H,2-3,10H2,1H3,(H,24,25). The molecule has 3 N–H and O–H groups in total. The maximum atomic E-state index is 11.6. The van der Waals surface area contributed by atoms with Gasteiger partial charge in [-0.2, -0.15) is 0 Å². The van der Waals surface area contributed by atoms with Crippen molar-refractivity contribution >= 4 is 23.0 Å². The fraction of sp³-hybridized carbons (Fsp3) is 0.190. The molecular weight excluding hydrogens is 344 g/mol. The number of hydrogen-bond acceptors (Lipinski definition) is 5. The first-order valence-electron chi connectivity index (χ1n) is 8.84. The zero-order valence-corrected chi connectivity index (χ0v) is 15.1. The first-order valence-corrected chi connectivity index (χ1v) is 8.84. The minimum Gasteiger partial charge on any atom is -0.478 e. The number of nitrogens with one attached hydrogen (secondary N) is 2. The molecule has 6 heteroatoms. The largest absolute Gasteiger partial charge is 0.478 e. The maximum absolute atomic E-state index is 11.6. The molecule has 0 radical (unpaired) electrons. The van der Waals surface area contributed by atoms with Crippen LogP contribution in [0.25, 0.3) is 0 Å². The second-order valence-electron chi connectivity index (χ2n) is 6.04. The van der Waals surface area contributed by atoms with E-state index in [2.05, 4.69) is 17.6 Å². The summed E-state index contributed by atoms with van der Waals surface area (Å²) in [4.78, 5) is 11.6. The molecule has 27 heavy (non-hydrogen) atoms. The van der Waals surface area contributed by atoms with Crippen molar-refractivity contribution in [2.75, 3.05) is 17.2 Å². The third-order valence-corrected chi connectivity index (χ3v) is 3.94. The van der Waals surface area contributed by atoms with E-state index in [1.54, 1.807) is 30.7 Å². The number of anilines is 3. The lowest BCUT2D eigenvalue weighted by Crippen LogP contribution is -2.07. The maximum Gasteiger partial charge on any atom is 0.335 e. The predicted molar refractivity (Wildman–Crippen MR) is 105 cm³/mol. The van der Waals surface area contributed by atoms with E-state index in [0.29, 0.717) is 28.6 Å². The Morgan fingerprint density at radius 2 is 1.93 bits per heavy atom. The Morgan fingerprint density at radius 1 is 1.15 bits per heavy atom. The van der Waals surface area contributed by atoms with Crippen molar-refractivity contribution in [3.63, 3.8) is 0 Å². The van der Waals surface area contributed by atoms with Crippen LogP contribution in [0.15, 0.2) is 65.5 Å². The van der Waals surface area contributed by atoms with Gasteiger partial charge < -0.3 is 24.9 Å². The van der Waals surface area contributed by atoms with E-state index in [0.717, 1.165) is 19.4 Å². The number of benzene rings is 2. The Labute approximate surface area is 157 Å². The lowest BCUT2D eigenvalue weighted by molar-refractivity contribution is 0.0697. The second-order valence-corrected chi connectivity index (χ2v) is 6.04. The van der Waals surface area contributed by atoms with Gasteiger partial charge in [0.2, 0.25) is 0 Å². The third kappa shape index (κ3) is 4.82. The van der Waals surface area contributed by atoms with E-state index in [4.69, 9.17) is 9.15 Å². The van der Waals surface area contributed by atoms with E-state index < -0.39 is 5.97 Å². The molecule has 0 spiro atoms. The molecule has 0 aliphatic heterocycles. The number of carboxylic acids is 1. The van der Waals surface area contributed by atoms with Gasteiger partial charge in [-0.15, -0.1) is 0 Å². The summed E-state index contributed by atoms with van der Waals surface area (Å²) < 4.78 is 11.2. The quantitative estimate of drug-likeness (QED) is 0.420. The van der Waals surface area contributed by atoms with Crippen molar-refractivity contribution in [3.8, 4) is 11.5 Å². The number of para-hydroxylation sites is 1. The smallest absolute Gasteiger partial charge is 0.335 e. The van der Waals surface area contributed by atoms with Crippen molar-refractivity contribution in [1.29, 1.82) is 0 Å². The van der Waals surface area contributed by atoms with Crippen LogP contribution in [0.1, 0.15) is 30.1 Å². The molecule has 0 bridgehead atoms. The predicted octanol–water partition coefficient (Wildman–Crippen LogP) is 5.73. The van der Waals surface area contributed by atoms with Crippen molar-refractivity contribution < 1.29 is 19.1 Å². The van der Waals surface area contributed by atoms with Crippen LogP contribution in [0.5, 0.6) is 11.5 Å². The monoisotopic (exact) mass is 366 g/mol. The Bertz CT molecular complexity index is 877. The number of ether oxygens (including phenoxy) is 1. The summed E-state index contributed by atoms with van der Waals surface area (Å²) in [7, 11) is 0. The molecular formula is C21H22N2O4. The van der Waals surface area contributed by atoms with E-state index in [-0.39, 0.29) is 5.56 Å². The van der Waals surface area contributed by atoms with Gasteiger partial charge in [0.1, 0.15) is 12.0 Å². The molecule has 140 valence electrons. The number of rotatable bonds is 9. The lowest BCUT2D eigenvalue weighted by atomic mass is 10.1. The number of carbonyl (C=O) groups is 1. The first kappa shape index (κ1) is 18.4. The minimum absolute atomic E-state index is 0.167. The van der Waals surface area contributed by atoms with Gasteiger partial charge in [-0.3, -0.25) is 0 Å². The molecule has 0 fully saturated rings. The summed E-state index contributed by atoms with van der Waals surface area (Å²) >= 11 is 0. The van der Waals surface area contributed by atoms with Crippen molar-refractivity contribution in [1.82, 2.24) is 0 Å². The molecule has 0 amide bonds. The average molecular weight is 366 g/mol. The SMILES string of the molecule is CCCCNc1cc(C(=O)O)cc(Nc2ccoc2)c1Oc1ccccc1. The van der Waals surface area contributed by atoms with Gasteiger partial charge in [0, 0.05) is 6.54 Å². The molecule has 3 aromatic rings. The van der Waals surface area contributed by atoms with Crippen LogP contribution >= 0.6 is 0 Å². The molecule has 0 aliphatic rings. The highest BCUT2D eigenvalue weighted by Gasteiger charge is 2.17. The number of hydrogen-bond donors (Lipinski definition) is 3. The minimum atomic E-state index is -1.00. The molecule has 1 aromatic heterocycles. The van der Waals surface area contributed by atoms with Gasteiger partial charge >= 0.3 is 5.97 Å². The topological polar surface area (TPSA) is 83.7 Å². The van der Waals surface area contributed by atoms with Gasteiger partial charge in [-0.1, -0.05) is 31.5 Å². The van der Waals surface area contributed by atoms with Gasteiger partial charge in [-0.05, 0) is 36.8 Å². The highest BCUT2D eigenvalue weighted by atomic mass is 16.5. The van der Waals surface area contributed by atoms with Crippen molar-refractivity contribution in [3.05, 3.63) is 66.6 Å². The summed E-state index contributed by atoms with van der Waals surface area (Å²) in [6, 6.07) is 14.3. The molecule has 6 nitrogen and oxygen atoms in total. The number of unbranched alkanes of at least 4 members (excludes halogenated alkanes) is 1. The van der Waals surface area contributed by atoms with E-state index in [1.807, 2.05) is 30.3 Å². The molecule has 0 atom stereocenters. The molecule has 0 saturated heterocycles. The number of aromatic carboxylic acids is 1. The fourth-order valence-electron chi connectivity index (χ4n) is 2.58. The number of furan rings is 1. The molecule has 0 saturated carbocycles. The van der Waals surface area contributed by atoms with E-state index in [9.17, 15) is 9.90 Å². The van der Waals surface area contributed by atoms with E-state index >= 15 is 0 Å². The Morgan fingerprint density at radius 3 is 2.59 bits per heavy atom. The summed E-state index contributed by atoms with van der Waals surface area (Å²) in [5, 5.41) is 16.0. The van der Waals surface area contributed by atoms with Gasteiger partial charge in [0.25, 0.3) is 0 Å². The fourth-order valence-corrected chi connectivity index (χ4v) is 2.58. The zero-order chi connectivity index (χ0) is 19.1.